The van der Waals surface area contributed by atoms with E-state index in [9.17, 15) is 4.79 Å². The molecule has 0 spiro atoms. The fourth-order valence-electron chi connectivity index (χ4n) is 2.12. The van der Waals surface area contributed by atoms with Crippen molar-refractivity contribution < 1.29 is 19.0 Å². The summed E-state index contributed by atoms with van der Waals surface area (Å²) in [7, 11) is 4.70. The minimum absolute atomic E-state index is 0.332. The summed E-state index contributed by atoms with van der Waals surface area (Å²) in [6, 6.07) is 10.5. The van der Waals surface area contributed by atoms with E-state index in [0.717, 1.165) is 10.0 Å². The molecule has 2 N–H and O–H groups in total. The molecule has 0 radical (unpaired) electrons. The van der Waals surface area contributed by atoms with Crippen molar-refractivity contribution in [3.63, 3.8) is 0 Å². The number of anilines is 1. The monoisotopic (exact) mass is 394 g/mol. The van der Waals surface area contributed by atoms with E-state index >= 15 is 0 Å². The van der Waals surface area contributed by atoms with Gasteiger partial charge in [-0.3, -0.25) is 0 Å². The summed E-state index contributed by atoms with van der Waals surface area (Å²) in [5.41, 5.74) is 1.47. The number of amides is 2. The Hall–Kier alpha value is -2.41. The molecule has 2 aromatic carbocycles. The van der Waals surface area contributed by atoms with Gasteiger partial charge in [0.25, 0.3) is 0 Å². The topological polar surface area (TPSA) is 68.8 Å². The lowest BCUT2D eigenvalue weighted by Gasteiger charge is -2.13. The predicted octanol–water partition coefficient (Wildman–Crippen LogP) is 3.80. The molecular formula is C17H19BrN2O4. The van der Waals surface area contributed by atoms with Crippen LogP contribution in [0.15, 0.2) is 40.9 Å². The molecule has 0 aliphatic carbocycles. The van der Waals surface area contributed by atoms with Gasteiger partial charge in [0.05, 0.1) is 27.0 Å². The molecule has 2 rings (SSSR count). The first-order valence-corrected chi connectivity index (χ1v) is 7.96. The smallest absolute Gasteiger partial charge is 0.319 e. The maximum absolute atomic E-state index is 12.1. The van der Waals surface area contributed by atoms with Gasteiger partial charge in [-0.1, -0.05) is 22.0 Å². The average Bonchev–Trinajstić information content (AvgIpc) is 2.59. The fraction of sp³-hybridized carbons (Fsp3) is 0.235. The first kappa shape index (κ1) is 17.9. The van der Waals surface area contributed by atoms with E-state index in [0.29, 0.717) is 29.5 Å². The summed E-state index contributed by atoms with van der Waals surface area (Å²) >= 11 is 3.37. The number of carbonyl (C=O) groups excluding carboxylic acids is 1. The van der Waals surface area contributed by atoms with Crippen LogP contribution in [-0.2, 0) is 6.54 Å². The average molecular weight is 395 g/mol. The van der Waals surface area contributed by atoms with Crippen LogP contribution in [0.25, 0.3) is 0 Å². The van der Waals surface area contributed by atoms with Crippen molar-refractivity contribution in [1.29, 1.82) is 0 Å². The minimum atomic E-state index is -0.332. The maximum atomic E-state index is 12.1. The predicted molar refractivity (Wildman–Crippen MR) is 96.1 cm³/mol. The Kier molecular flexibility index (Phi) is 6.31. The second kappa shape index (κ2) is 8.44. The van der Waals surface area contributed by atoms with Crippen molar-refractivity contribution >= 4 is 27.6 Å². The second-order valence-corrected chi connectivity index (χ2v) is 5.76. The first-order chi connectivity index (χ1) is 11.6. The molecular weight excluding hydrogens is 376 g/mol. The van der Waals surface area contributed by atoms with E-state index in [1.54, 1.807) is 39.5 Å². The number of hydrogen-bond donors (Lipinski definition) is 2. The molecule has 0 aromatic heterocycles. The molecule has 0 heterocycles. The third-order valence-corrected chi connectivity index (χ3v) is 3.80. The van der Waals surface area contributed by atoms with Crippen LogP contribution in [0.1, 0.15) is 5.56 Å². The number of ether oxygens (including phenoxy) is 3. The fourth-order valence-corrected chi connectivity index (χ4v) is 2.48. The molecule has 0 saturated heterocycles. The van der Waals surface area contributed by atoms with Crippen molar-refractivity contribution in [3.8, 4) is 17.2 Å². The lowest BCUT2D eigenvalue weighted by atomic mass is 10.2. The number of benzene rings is 2. The van der Waals surface area contributed by atoms with E-state index in [4.69, 9.17) is 14.2 Å². The summed E-state index contributed by atoms with van der Waals surface area (Å²) in [5.74, 6) is 1.84. The first-order valence-electron chi connectivity index (χ1n) is 7.16. The maximum Gasteiger partial charge on any atom is 0.319 e. The Morgan fingerprint density at radius 2 is 1.62 bits per heavy atom. The van der Waals surface area contributed by atoms with Crippen LogP contribution in [0.4, 0.5) is 10.5 Å². The van der Waals surface area contributed by atoms with Gasteiger partial charge >= 0.3 is 6.03 Å². The molecule has 24 heavy (non-hydrogen) atoms. The van der Waals surface area contributed by atoms with Crippen molar-refractivity contribution in [1.82, 2.24) is 5.32 Å². The van der Waals surface area contributed by atoms with Crippen molar-refractivity contribution in [3.05, 3.63) is 46.4 Å². The SMILES string of the molecule is COc1ccc(Br)cc1NC(=O)NCc1ccc(OC)c(OC)c1. The molecule has 6 nitrogen and oxygen atoms in total. The molecule has 0 bridgehead atoms. The van der Waals surface area contributed by atoms with E-state index < -0.39 is 0 Å². The third-order valence-electron chi connectivity index (χ3n) is 3.31. The number of nitrogens with one attached hydrogen (secondary N) is 2. The van der Waals surface area contributed by atoms with Gasteiger partial charge < -0.3 is 24.8 Å². The largest absolute Gasteiger partial charge is 0.495 e. The standard InChI is InChI=1S/C17H19BrN2O4/c1-22-14-7-5-12(18)9-13(14)20-17(21)19-10-11-4-6-15(23-2)16(8-11)24-3/h4-9H,10H2,1-3H3,(H2,19,20,21). The normalized spacial score (nSPS) is 10.0. The van der Waals surface area contributed by atoms with Gasteiger partial charge in [-0.05, 0) is 35.9 Å². The van der Waals surface area contributed by atoms with E-state index in [1.807, 2.05) is 18.2 Å². The molecule has 0 aliphatic heterocycles. The Balaban J connectivity index is 2.00. The number of urea groups is 1. The highest BCUT2D eigenvalue weighted by molar-refractivity contribution is 9.10. The van der Waals surface area contributed by atoms with Crippen LogP contribution in [0.5, 0.6) is 17.2 Å². The summed E-state index contributed by atoms with van der Waals surface area (Å²) in [5, 5.41) is 5.55. The number of methoxy groups -OCH3 is 3. The van der Waals surface area contributed by atoms with Crippen molar-refractivity contribution in [2.24, 2.45) is 0 Å². The number of halogens is 1. The highest BCUT2D eigenvalue weighted by atomic mass is 79.9. The molecule has 7 heteroatoms. The lowest BCUT2D eigenvalue weighted by molar-refractivity contribution is 0.251. The zero-order chi connectivity index (χ0) is 17.5. The van der Waals surface area contributed by atoms with Gasteiger partial charge in [0.1, 0.15) is 5.75 Å². The van der Waals surface area contributed by atoms with Crippen LogP contribution in [0, 0.1) is 0 Å². The zero-order valence-electron chi connectivity index (χ0n) is 13.7. The Morgan fingerprint density at radius 3 is 2.29 bits per heavy atom. The van der Waals surface area contributed by atoms with Gasteiger partial charge in [0.15, 0.2) is 11.5 Å². The molecule has 128 valence electrons. The second-order valence-electron chi connectivity index (χ2n) is 4.84. The minimum Gasteiger partial charge on any atom is -0.495 e. The molecule has 0 unspecified atom stereocenters. The van der Waals surface area contributed by atoms with Gasteiger partial charge in [-0.2, -0.15) is 0 Å². The Morgan fingerprint density at radius 1 is 0.958 bits per heavy atom. The molecule has 0 saturated carbocycles. The third kappa shape index (κ3) is 4.55. The number of rotatable bonds is 6. The quantitative estimate of drug-likeness (QED) is 0.781. The lowest BCUT2D eigenvalue weighted by Crippen LogP contribution is -2.28. The summed E-state index contributed by atoms with van der Waals surface area (Å²) in [6.45, 7) is 0.350. The number of hydrogen-bond acceptors (Lipinski definition) is 4. The summed E-state index contributed by atoms with van der Waals surface area (Å²) in [6.07, 6.45) is 0. The molecule has 0 aliphatic rings. The van der Waals surface area contributed by atoms with Crippen LogP contribution in [-0.4, -0.2) is 27.4 Å². The van der Waals surface area contributed by atoms with Crippen LogP contribution in [0.3, 0.4) is 0 Å². The highest BCUT2D eigenvalue weighted by Crippen LogP contribution is 2.28. The van der Waals surface area contributed by atoms with Crippen LogP contribution >= 0.6 is 15.9 Å². The van der Waals surface area contributed by atoms with Crippen molar-refractivity contribution in [2.75, 3.05) is 26.6 Å². The van der Waals surface area contributed by atoms with Gasteiger partial charge in [0.2, 0.25) is 0 Å². The van der Waals surface area contributed by atoms with Gasteiger partial charge in [-0.15, -0.1) is 0 Å². The van der Waals surface area contributed by atoms with E-state index in [-0.39, 0.29) is 6.03 Å². The van der Waals surface area contributed by atoms with E-state index in [1.165, 1.54) is 0 Å². The van der Waals surface area contributed by atoms with Crippen molar-refractivity contribution in [2.45, 2.75) is 6.54 Å². The highest BCUT2D eigenvalue weighted by Gasteiger charge is 2.09. The molecule has 2 aromatic rings. The van der Waals surface area contributed by atoms with Crippen LogP contribution < -0.4 is 24.8 Å². The summed E-state index contributed by atoms with van der Waals surface area (Å²) in [4.78, 5) is 12.1. The van der Waals surface area contributed by atoms with Gasteiger partial charge in [0, 0.05) is 11.0 Å². The molecule has 2 amide bonds. The molecule has 0 atom stereocenters. The molecule has 0 fully saturated rings. The van der Waals surface area contributed by atoms with Gasteiger partial charge in [-0.25, -0.2) is 4.79 Å². The summed E-state index contributed by atoms with van der Waals surface area (Å²) < 4.78 is 16.5. The zero-order valence-corrected chi connectivity index (χ0v) is 15.3. The Labute approximate surface area is 149 Å². The van der Waals surface area contributed by atoms with Crippen LogP contribution in [0.2, 0.25) is 0 Å². The Bertz CT molecular complexity index is 722. The number of carbonyl (C=O) groups is 1. The van der Waals surface area contributed by atoms with E-state index in [2.05, 4.69) is 26.6 Å².